The van der Waals surface area contributed by atoms with Crippen LogP contribution in [0.15, 0.2) is 61.2 Å². The highest BCUT2D eigenvalue weighted by molar-refractivity contribution is 5.79. The molecule has 0 spiro atoms. The van der Waals surface area contributed by atoms with Crippen LogP contribution in [-0.4, -0.2) is 48.6 Å². The van der Waals surface area contributed by atoms with Gasteiger partial charge in [0.1, 0.15) is 13.2 Å². The van der Waals surface area contributed by atoms with Gasteiger partial charge in [-0.15, -0.1) is 0 Å². The molecule has 0 saturated heterocycles. The summed E-state index contributed by atoms with van der Waals surface area (Å²) in [4.78, 5) is 38.0. The average Bonchev–Trinajstić information content (AvgIpc) is 3.64. The summed E-state index contributed by atoms with van der Waals surface area (Å²) in [6.07, 6.45) is 9.90. The van der Waals surface area contributed by atoms with Crippen LogP contribution in [0.3, 0.4) is 0 Å². The van der Waals surface area contributed by atoms with Gasteiger partial charge >= 0.3 is 18.2 Å². The van der Waals surface area contributed by atoms with Crippen molar-refractivity contribution in [3.05, 3.63) is 72.3 Å². The Labute approximate surface area is 303 Å². The van der Waals surface area contributed by atoms with Crippen LogP contribution in [0.2, 0.25) is 0 Å². The molecule has 0 aromatic heterocycles. The van der Waals surface area contributed by atoms with E-state index in [1.54, 1.807) is 6.08 Å². The zero-order chi connectivity index (χ0) is 35.9. The van der Waals surface area contributed by atoms with Crippen LogP contribution in [0.5, 0.6) is 0 Å². The smallest absolute Gasteiger partial charge is 0.407 e. The second-order valence-corrected chi connectivity index (χ2v) is 16.9. The number of fused-ring (bicyclic) bond motifs is 8. The van der Waals surface area contributed by atoms with Gasteiger partial charge in [-0.05, 0) is 126 Å². The van der Waals surface area contributed by atoms with Crippen molar-refractivity contribution in [2.75, 3.05) is 13.2 Å². The molecular formula is C43H56N2O6. The van der Waals surface area contributed by atoms with Crippen LogP contribution >= 0.6 is 0 Å². The number of benzene rings is 2. The van der Waals surface area contributed by atoms with E-state index >= 15 is 0 Å². The summed E-state index contributed by atoms with van der Waals surface area (Å²) < 4.78 is 11.4. The van der Waals surface area contributed by atoms with E-state index < -0.39 is 12.1 Å². The van der Waals surface area contributed by atoms with Gasteiger partial charge in [-0.2, -0.15) is 0 Å². The first-order valence-electron chi connectivity index (χ1n) is 19.4. The van der Waals surface area contributed by atoms with E-state index in [1.807, 2.05) is 0 Å². The van der Waals surface area contributed by atoms with Crippen molar-refractivity contribution in [3.63, 3.8) is 0 Å². The zero-order valence-electron chi connectivity index (χ0n) is 30.6. The minimum absolute atomic E-state index is 0.00239. The van der Waals surface area contributed by atoms with Crippen LogP contribution in [0.1, 0.15) is 102 Å². The predicted octanol–water partition coefficient (Wildman–Crippen LogP) is 8.94. The zero-order valence-corrected chi connectivity index (χ0v) is 30.6. The quantitative estimate of drug-likeness (QED) is 0.214. The number of carboxylic acid groups (broad SMARTS) is 1. The van der Waals surface area contributed by atoms with E-state index in [0.29, 0.717) is 41.9 Å². The Balaban J connectivity index is 1.12. The fourth-order valence-corrected chi connectivity index (χ4v) is 12.2. The van der Waals surface area contributed by atoms with Crippen LogP contribution in [0.25, 0.3) is 11.1 Å². The number of carboxylic acids is 1. The third kappa shape index (κ3) is 6.57. The van der Waals surface area contributed by atoms with Crippen molar-refractivity contribution < 1.29 is 29.0 Å². The molecule has 51 heavy (non-hydrogen) atoms. The van der Waals surface area contributed by atoms with Crippen molar-refractivity contribution in [1.82, 2.24) is 10.6 Å². The Bertz CT molecular complexity index is 1600. The molecule has 0 bridgehead atoms. The van der Waals surface area contributed by atoms with E-state index in [1.165, 1.54) is 22.3 Å². The first-order chi connectivity index (χ1) is 24.5. The number of ether oxygens (including phenoxy) is 2. The molecular weight excluding hydrogens is 640 g/mol. The predicted molar refractivity (Wildman–Crippen MR) is 197 cm³/mol. The maximum absolute atomic E-state index is 13.9. The number of carbonyl (C=O) groups excluding carboxylic acids is 2. The van der Waals surface area contributed by atoms with Gasteiger partial charge in [0, 0.05) is 24.4 Å². The molecule has 0 heterocycles. The van der Waals surface area contributed by atoms with Gasteiger partial charge in [-0.25, -0.2) is 9.59 Å². The molecule has 7 rings (SSSR count). The van der Waals surface area contributed by atoms with Crippen molar-refractivity contribution in [2.24, 2.45) is 46.3 Å². The number of hydrogen-bond acceptors (Lipinski definition) is 5. The summed E-state index contributed by atoms with van der Waals surface area (Å²) in [5, 5.41) is 16.0. The second-order valence-electron chi connectivity index (χ2n) is 16.9. The van der Waals surface area contributed by atoms with Crippen LogP contribution in [-0.2, 0) is 14.3 Å². The van der Waals surface area contributed by atoms with Gasteiger partial charge in [0.25, 0.3) is 0 Å². The molecule has 4 fully saturated rings. The van der Waals surface area contributed by atoms with E-state index in [2.05, 4.69) is 86.5 Å². The molecule has 5 aliphatic rings. The number of rotatable bonds is 10. The Morgan fingerprint density at radius 1 is 0.882 bits per heavy atom. The molecule has 3 N–H and O–H groups in total. The monoisotopic (exact) mass is 696 g/mol. The molecule has 8 heteroatoms. The minimum Gasteiger partial charge on any atom is -0.481 e. The fourth-order valence-electron chi connectivity index (χ4n) is 12.2. The summed E-state index contributed by atoms with van der Waals surface area (Å²) in [5.74, 6) is 1.67. The lowest BCUT2D eigenvalue weighted by molar-refractivity contribution is -0.138. The van der Waals surface area contributed by atoms with Crippen LogP contribution < -0.4 is 10.6 Å². The number of hydrogen-bond donors (Lipinski definition) is 3. The lowest BCUT2D eigenvalue weighted by atomic mass is 9.43. The van der Waals surface area contributed by atoms with Gasteiger partial charge in [0.2, 0.25) is 0 Å². The summed E-state index contributed by atoms with van der Waals surface area (Å²) in [6, 6.07) is 16.8. The number of aliphatic carboxylic acids is 1. The molecule has 6 unspecified atom stereocenters. The molecule has 0 radical (unpaired) electrons. The van der Waals surface area contributed by atoms with Crippen LogP contribution in [0.4, 0.5) is 9.59 Å². The SMILES string of the molecule is C=CCOC(=O)N[C@@H]1CC[C@]2(C)C3CC[C@]4(C)C(C(C)CCC(=O)O)CCC4C3C(NC(=O)OCC3c4ccccc4-c4ccccc43)C[C@H]2C1. The molecule has 0 aliphatic heterocycles. The molecule has 2 aromatic rings. The normalized spacial score (nSPS) is 34.1. The second kappa shape index (κ2) is 14.3. The summed E-state index contributed by atoms with van der Waals surface area (Å²) in [7, 11) is 0. The largest absolute Gasteiger partial charge is 0.481 e. The van der Waals surface area contributed by atoms with Crippen molar-refractivity contribution in [3.8, 4) is 11.1 Å². The minimum atomic E-state index is -0.720. The maximum Gasteiger partial charge on any atom is 0.407 e. The van der Waals surface area contributed by atoms with Crippen molar-refractivity contribution in [2.45, 2.75) is 103 Å². The average molecular weight is 697 g/mol. The van der Waals surface area contributed by atoms with E-state index in [0.717, 1.165) is 51.4 Å². The topological polar surface area (TPSA) is 114 Å². The lowest BCUT2D eigenvalue weighted by Gasteiger charge is -2.63. The number of carbonyl (C=O) groups is 3. The van der Waals surface area contributed by atoms with Gasteiger partial charge in [0.15, 0.2) is 0 Å². The molecule has 8 nitrogen and oxygen atoms in total. The molecule has 10 atom stereocenters. The van der Waals surface area contributed by atoms with E-state index in [-0.39, 0.29) is 54.6 Å². The van der Waals surface area contributed by atoms with E-state index in [9.17, 15) is 19.5 Å². The third-order valence-electron chi connectivity index (χ3n) is 14.6. The first-order valence-corrected chi connectivity index (χ1v) is 19.4. The summed E-state index contributed by atoms with van der Waals surface area (Å²) in [5.41, 5.74) is 5.03. The number of nitrogens with one attached hydrogen (secondary N) is 2. The summed E-state index contributed by atoms with van der Waals surface area (Å²) in [6.45, 7) is 11.3. The molecule has 4 saturated carbocycles. The highest BCUT2D eigenvalue weighted by atomic mass is 16.6. The molecule has 2 aromatic carbocycles. The highest BCUT2D eigenvalue weighted by Gasteiger charge is 2.63. The van der Waals surface area contributed by atoms with Crippen LogP contribution in [0, 0.1) is 46.3 Å². The van der Waals surface area contributed by atoms with Crippen molar-refractivity contribution >= 4 is 18.2 Å². The summed E-state index contributed by atoms with van der Waals surface area (Å²) >= 11 is 0. The highest BCUT2D eigenvalue weighted by Crippen LogP contribution is 2.68. The Morgan fingerprint density at radius 3 is 2.22 bits per heavy atom. The Kier molecular flexibility index (Phi) is 9.98. The lowest BCUT2D eigenvalue weighted by Crippen LogP contribution is -2.63. The number of alkyl carbamates (subject to hydrolysis) is 2. The maximum atomic E-state index is 13.9. The van der Waals surface area contributed by atoms with Gasteiger partial charge in [0.05, 0.1) is 0 Å². The fraction of sp³-hybridized carbons (Fsp3) is 0.605. The Morgan fingerprint density at radius 2 is 1.53 bits per heavy atom. The van der Waals surface area contributed by atoms with Gasteiger partial charge in [-0.1, -0.05) is 82.0 Å². The third-order valence-corrected chi connectivity index (χ3v) is 14.6. The van der Waals surface area contributed by atoms with Crippen molar-refractivity contribution in [1.29, 1.82) is 0 Å². The standard InChI is InChI=1S/C43H56N2O6/c1-5-22-50-40(48)44-28-18-20-42(3)27(23-28)24-37(39-35-16-15-34(26(2)14-17-38(46)47)43(35,4)21-19-36(39)42)45-41(49)51-25-33-31-12-8-6-10-29(31)30-11-7-9-13-32(30)33/h5-13,26-28,33-37,39H,1,14-25H2,2-4H3,(H,44,48)(H,45,49)(H,46,47)/t26?,27-,28-,34?,35?,36?,37?,39?,42+,43-/m1/s1. The molecule has 274 valence electrons. The molecule has 2 amide bonds. The van der Waals surface area contributed by atoms with E-state index in [4.69, 9.17) is 9.47 Å². The first kappa shape index (κ1) is 35.6. The van der Waals surface area contributed by atoms with Gasteiger partial charge in [-0.3, -0.25) is 4.79 Å². The Hall–Kier alpha value is -3.81. The van der Waals surface area contributed by atoms with Gasteiger partial charge < -0.3 is 25.2 Å². The number of amides is 2. The molecule has 5 aliphatic carbocycles.